The lowest BCUT2D eigenvalue weighted by atomic mass is 10.2. The average molecular weight is 328 g/mol. The number of rotatable bonds is 4. The van der Waals surface area contributed by atoms with Gasteiger partial charge in [-0.3, -0.25) is 0 Å². The summed E-state index contributed by atoms with van der Waals surface area (Å²) >= 11 is 2.30. The molecule has 1 aromatic heterocycles. The molecule has 0 N–H and O–H groups in total. The Morgan fingerprint density at radius 2 is 2.06 bits per heavy atom. The van der Waals surface area contributed by atoms with Gasteiger partial charge in [-0.15, -0.1) is 0 Å². The maximum atomic E-state index is 5.08. The van der Waals surface area contributed by atoms with E-state index in [0.717, 1.165) is 17.9 Å². The second kappa shape index (κ2) is 5.45. The van der Waals surface area contributed by atoms with Crippen LogP contribution in [0.15, 0.2) is 36.7 Å². The SMILES string of the molecule is COCCn1ccnc1-c1ccc(I)cc1. The first-order chi connectivity index (χ1) is 7.81. The first kappa shape index (κ1) is 11.6. The zero-order valence-corrected chi connectivity index (χ0v) is 11.2. The summed E-state index contributed by atoms with van der Waals surface area (Å²) in [7, 11) is 1.71. The fraction of sp³-hybridized carbons (Fsp3) is 0.250. The van der Waals surface area contributed by atoms with Crippen LogP contribution >= 0.6 is 22.6 Å². The molecule has 1 heterocycles. The number of nitrogens with zero attached hydrogens (tertiary/aromatic N) is 2. The molecule has 1 aromatic carbocycles. The van der Waals surface area contributed by atoms with Gasteiger partial charge in [-0.05, 0) is 34.7 Å². The van der Waals surface area contributed by atoms with E-state index >= 15 is 0 Å². The Bertz CT molecular complexity index is 450. The van der Waals surface area contributed by atoms with Gasteiger partial charge >= 0.3 is 0 Å². The molecule has 0 radical (unpaired) electrons. The number of hydrogen-bond acceptors (Lipinski definition) is 2. The van der Waals surface area contributed by atoms with E-state index in [1.165, 1.54) is 3.57 Å². The molecule has 84 valence electrons. The van der Waals surface area contributed by atoms with Crippen molar-refractivity contribution in [2.75, 3.05) is 13.7 Å². The van der Waals surface area contributed by atoms with Gasteiger partial charge in [-0.2, -0.15) is 0 Å². The minimum Gasteiger partial charge on any atom is -0.383 e. The topological polar surface area (TPSA) is 27.1 Å². The van der Waals surface area contributed by atoms with Gasteiger partial charge in [0.25, 0.3) is 0 Å². The van der Waals surface area contributed by atoms with E-state index in [-0.39, 0.29) is 0 Å². The molecule has 0 fully saturated rings. The Balaban J connectivity index is 2.26. The van der Waals surface area contributed by atoms with Gasteiger partial charge in [0.2, 0.25) is 0 Å². The predicted octanol–water partition coefficient (Wildman–Crippen LogP) is 2.80. The Morgan fingerprint density at radius 3 is 2.75 bits per heavy atom. The molecular weight excluding hydrogens is 315 g/mol. The summed E-state index contributed by atoms with van der Waals surface area (Å²) in [6.45, 7) is 1.53. The Kier molecular flexibility index (Phi) is 3.95. The van der Waals surface area contributed by atoms with E-state index in [4.69, 9.17) is 4.74 Å². The smallest absolute Gasteiger partial charge is 0.139 e. The Hall–Kier alpha value is -0.880. The van der Waals surface area contributed by atoms with Crippen molar-refractivity contribution in [2.24, 2.45) is 0 Å². The molecule has 0 atom stereocenters. The van der Waals surface area contributed by atoms with Crippen LogP contribution in [0.1, 0.15) is 0 Å². The third-order valence-corrected chi connectivity index (χ3v) is 3.07. The van der Waals surface area contributed by atoms with Gasteiger partial charge in [0.15, 0.2) is 0 Å². The summed E-state index contributed by atoms with van der Waals surface area (Å²) in [6, 6.07) is 8.36. The number of ether oxygens (including phenoxy) is 1. The van der Waals surface area contributed by atoms with Crippen molar-refractivity contribution in [3.63, 3.8) is 0 Å². The zero-order valence-electron chi connectivity index (χ0n) is 9.06. The summed E-state index contributed by atoms with van der Waals surface area (Å²) in [4.78, 5) is 4.37. The maximum absolute atomic E-state index is 5.08. The number of aromatic nitrogens is 2. The normalized spacial score (nSPS) is 10.6. The van der Waals surface area contributed by atoms with Crippen LogP contribution in [-0.2, 0) is 11.3 Å². The highest BCUT2D eigenvalue weighted by Crippen LogP contribution is 2.18. The minimum absolute atomic E-state index is 0.702. The second-order valence-corrected chi connectivity index (χ2v) is 4.69. The van der Waals surface area contributed by atoms with Crippen LogP contribution in [0.25, 0.3) is 11.4 Å². The van der Waals surface area contributed by atoms with E-state index in [1.807, 2.05) is 12.4 Å². The first-order valence-electron chi connectivity index (χ1n) is 5.07. The Morgan fingerprint density at radius 1 is 1.31 bits per heavy atom. The van der Waals surface area contributed by atoms with E-state index in [0.29, 0.717) is 6.61 Å². The summed E-state index contributed by atoms with van der Waals surface area (Å²) in [5.74, 6) is 0.994. The van der Waals surface area contributed by atoms with Gasteiger partial charge in [0.05, 0.1) is 6.61 Å². The van der Waals surface area contributed by atoms with Gasteiger partial charge in [0.1, 0.15) is 5.82 Å². The third kappa shape index (κ3) is 2.62. The van der Waals surface area contributed by atoms with Crippen molar-refractivity contribution in [1.82, 2.24) is 9.55 Å². The molecule has 0 unspecified atom stereocenters. The van der Waals surface area contributed by atoms with Crippen LogP contribution in [0.4, 0.5) is 0 Å². The molecular formula is C12H13IN2O. The lowest BCUT2D eigenvalue weighted by molar-refractivity contribution is 0.187. The third-order valence-electron chi connectivity index (χ3n) is 2.35. The molecule has 0 bridgehead atoms. The number of benzene rings is 1. The first-order valence-corrected chi connectivity index (χ1v) is 6.15. The molecule has 0 saturated heterocycles. The lowest BCUT2D eigenvalue weighted by Crippen LogP contribution is -2.04. The highest BCUT2D eigenvalue weighted by Gasteiger charge is 2.04. The number of halogens is 1. The molecule has 16 heavy (non-hydrogen) atoms. The van der Waals surface area contributed by atoms with Crippen molar-refractivity contribution < 1.29 is 4.74 Å². The van der Waals surface area contributed by atoms with E-state index < -0.39 is 0 Å². The molecule has 0 aliphatic carbocycles. The number of methoxy groups -OCH3 is 1. The zero-order chi connectivity index (χ0) is 11.4. The van der Waals surface area contributed by atoms with Crippen molar-refractivity contribution in [3.05, 3.63) is 40.2 Å². The fourth-order valence-corrected chi connectivity index (χ4v) is 1.90. The number of imidazole rings is 1. The molecule has 0 aliphatic heterocycles. The van der Waals surface area contributed by atoms with Gasteiger partial charge < -0.3 is 9.30 Å². The van der Waals surface area contributed by atoms with E-state index in [1.54, 1.807) is 7.11 Å². The summed E-state index contributed by atoms with van der Waals surface area (Å²) < 4.78 is 8.41. The fourth-order valence-electron chi connectivity index (χ4n) is 1.54. The van der Waals surface area contributed by atoms with Crippen LogP contribution < -0.4 is 0 Å². The Labute approximate surface area is 109 Å². The van der Waals surface area contributed by atoms with Crippen molar-refractivity contribution in [3.8, 4) is 11.4 Å². The van der Waals surface area contributed by atoms with Crippen LogP contribution in [0.5, 0.6) is 0 Å². The monoisotopic (exact) mass is 328 g/mol. The van der Waals surface area contributed by atoms with Crippen molar-refractivity contribution in [2.45, 2.75) is 6.54 Å². The van der Waals surface area contributed by atoms with E-state index in [2.05, 4.69) is 56.4 Å². The molecule has 0 aliphatic rings. The number of hydrogen-bond donors (Lipinski definition) is 0. The lowest BCUT2D eigenvalue weighted by Gasteiger charge is -2.07. The predicted molar refractivity (Wildman–Crippen MR) is 72.3 cm³/mol. The quantitative estimate of drug-likeness (QED) is 0.807. The van der Waals surface area contributed by atoms with Crippen LogP contribution in [0.3, 0.4) is 0 Å². The maximum Gasteiger partial charge on any atom is 0.139 e. The van der Waals surface area contributed by atoms with Gasteiger partial charge in [0, 0.05) is 35.2 Å². The molecule has 4 heteroatoms. The summed E-state index contributed by atoms with van der Waals surface area (Å²) in [5.41, 5.74) is 1.14. The highest BCUT2D eigenvalue weighted by molar-refractivity contribution is 14.1. The molecule has 3 nitrogen and oxygen atoms in total. The van der Waals surface area contributed by atoms with E-state index in [9.17, 15) is 0 Å². The average Bonchev–Trinajstić information content (AvgIpc) is 2.75. The van der Waals surface area contributed by atoms with Crippen LogP contribution in [0.2, 0.25) is 0 Å². The molecule has 0 saturated carbocycles. The summed E-state index contributed by atoms with van der Waals surface area (Å²) in [5, 5.41) is 0. The van der Waals surface area contributed by atoms with Crippen LogP contribution in [0, 0.1) is 3.57 Å². The molecule has 2 rings (SSSR count). The minimum atomic E-state index is 0.702. The molecule has 2 aromatic rings. The highest BCUT2D eigenvalue weighted by atomic mass is 127. The second-order valence-electron chi connectivity index (χ2n) is 3.44. The largest absolute Gasteiger partial charge is 0.383 e. The van der Waals surface area contributed by atoms with Gasteiger partial charge in [-0.1, -0.05) is 12.1 Å². The van der Waals surface area contributed by atoms with Gasteiger partial charge in [-0.25, -0.2) is 4.98 Å². The van der Waals surface area contributed by atoms with Crippen molar-refractivity contribution >= 4 is 22.6 Å². The molecule has 0 amide bonds. The van der Waals surface area contributed by atoms with Crippen molar-refractivity contribution in [1.29, 1.82) is 0 Å². The summed E-state index contributed by atoms with van der Waals surface area (Å²) in [6.07, 6.45) is 3.80. The molecule has 0 spiro atoms. The van der Waals surface area contributed by atoms with Crippen LogP contribution in [-0.4, -0.2) is 23.3 Å². The standard InChI is InChI=1S/C12H13IN2O/c1-16-9-8-15-7-6-14-12(15)10-2-4-11(13)5-3-10/h2-7H,8-9H2,1H3.